The molecule has 4 N–H and O–H groups in total. The van der Waals surface area contributed by atoms with Crippen molar-refractivity contribution in [3.8, 4) is 0 Å². The number of halogens is 1. The van der Waals surface area contributed by atoms with Gasteiger partial charge in [0, 0.05) is 11.1 Å². The number of rotatable bonds is 5. The van der Waals surface area contributed by atoms with Crippen LogP contribution in [0.4, 0.5) is 4.79 Å². The molecule has 0 aliphatic heterocycles. The van der Waals surface area contributed by atoms with Gasteiger partial charge in [-0.1, -0.05) is 23.7 Å². The van der Waals surface area contributed by atoms with E-state index >= 15 is 0 Å². The lowest BCUT2D eigenvalue weighted by Gasteiger charge is -2.24. The van der Waals surface area contributed by atoms with Crippen molar-refractivity contribution in [1.29, 1.82) is 0 Å². The predicted octanol–water partition coefficient (Wildman–Crippen LogP) is 2.27. The molecule has 0 heterocycles. The van der Waals surface area contributed by atoms with Gasteiger partial charge in [-0.15, -0.1) is 0 Å². The van der Waals surface area contributed by atoms with Crippen LogP contribution >= 0.6 is 23.8 Å². The summed E-state index contributed by atoms with van der Waals surface area (Å²) in [7, 11) is 0. The highest BCUT2D eigenvalue weighted by molar-refractivity contribution is 7.80. The van der Waals surface area contributed by atoms with Gasteiger partial charge in [0.15, 0.2) is 5.11 Å². The number of amides is 1. The van der Waals surface area contributed by atoms with Gasteiger partial charge in [-0.2, -0.15) is 5.10 Å². The average Bonchev–Trinajstić information content (AvgIpc) is 2.39. The van der Waals surface area contributed by atoms with Crippen LogP contribution in [0.15, 0.2) is 29.4 Å². The third-order valence-corrected chi connectivity index (χ3v) is 3.01. The molecule has 0 radical (unpaired) electrons. The quantitative estimate of drug-likeness (QED) is 0.438. The van der Waals surface area contributed by atoms with E-state index in [0.29, 0.717) is 10.7 Å². The fourth-order valence-corrected chi connectivity index (χ4v) is 1.76. The van der Waals surface area contributed by atoms with Gasteiger partial charge < -0.3 is 10.8 Å². The Kier molecular flexibility index (Phi) is 6.39. The van der Waals surface area contributed by atoms with Crippen molar-refractivity contribution in [3.05, 3.63) is 34.9 Å². The Balaban J connectivity index is 3.07. The van der Waals surface area contributed by atoms with Crippen LogP contribution in [0.1, 0.15) is 19.4 Å². The molecule has 1 rings (SSSR count). The summed E-state index contributed by atoms with van der Waals surface area (Å²) in [5, 5.41) is 13.9. The molecule has 0 bridgehead atoms. The summed E-state index contributed by atoms with van der Waals surface area (Å²) in [6.45, 7) is 3.67. The second-order valence-electron chi connectivity index (χ2n) is 4.55. The highest BCUT2D eigenvalue weighted by Crippen LogP contribution is 2.12. The number of hydrogen-bond acceptors (Lipinski definition) is 3. The van der Waals surface area contributed by atoms with E-state index in [1.54, 1.807) is 38.1 Å². The first-order chi connectivity index (χ1) is 9.81. The minimum absolute atomic E-state index is 0.00730. The van der Waals surface area contributed by atoms with Gasteiger partial charge in [-0.25, -0.2) is 4.79 Å². The zero-order valence-electron chi connectivity index (χ0n) is 11.7. The maximum absolute atomic E-state index is 11.3. The van der Waals surface area contributed by atoms with Crippen LogP contribution < -0.4 is 11.2 Å². The van der Waals surface area contributed by atoms with Crippen LogP contribution in [0.25, 0.3) is 0 Å². The number of hydrazone groups is 1. The topological polar surface area (TPSA) is 91.0 Å². The average molecular weight is 329 g/mol. The van der Waals surface area contributed by atoms with Crippen LogP contribution in [0, 0.1) is 0 Å². The number of benzene rings is 1. The summed E-state index contributed by atoms with van der Waals surface area (Å²) in [6, 6.07) is 6.72. The number of nitrogens with one attached hydrogen (secondary N) is 1. The second-order valence-corrected chi connectivity index (χ2v) is 5.42. The maximum atomic E-state index is 11.3. The summed E-state index contributed by atoms with van der Waals surface area (Å²) >= 11 is 10.6. The van der Waals surface area contributed by atoms with Crippen LogP contribution in [0.3, 0.4) is 0 Å². The molecule has 1 aromatic carbocycles. The molecule has 114 valence electrons. The van der Waals surface area contributed by atoms with Crippen LogP contribution in [0.5, 0.6) is 0 Å². The Labute approximate surface area is 133 Å². The lowest BCUT2D eigenvalue weighted by molar-refractivity contribution is 0.140. The molecule has 0 aliphatic rings. The first-order valence-corrected chi connectivity index (χ1v) is 6.97. The third-order valence-electron chi connectivity index (χ3n) is 2.67. The Morgan fingerprint density at radius 2 is 2.05 bits per heavy atom. The van der Waals surface area contributed by atoms with Gasteiger partial charge >= 0.3 is 6.09 Å². The molecule has 0 atom stereocenters. The van der Waals surface area contributed by atoms with Crippen LogP contribution in [-0.2, 0) is 0 Å². The van der Waals surface area contributed by atoms with E-state index in [-0.39, 0.29) is 17.7 Å². The van der Waals surface area contributed by atoms with E-state index in [1.165, 1.54) is 4.90 Å². The highest BCUT2D eigenvalue weighted by atomic mass is 35.5. The standard InChI is InChI=1S/C13H17ClN4O2S/c1-8(2)18(13(19)20)7-11(16-17-12(15)21)9-3-5-10(14)6-4-9/h3-6,8H,7H2,1-2H3,(H,19,20)(H3,15,17,21). The molecule has 6 nitrogen and oxygen atoms in total. The predicted molar refractivity (Wildman–Crippen MR) is 87.8 cm³/mol. The molecule has 1 aromatic rings. The van der Waals surface area contributed by atoms with Crippen LogP contribution in [-0.4, -0.2) is 39.5 Å². The number of nitrogens with zero attached hydrogens (tertiary/aromatic N) is 2. The molecule has 1 amide bonds. The van der Waals surface area contributed by atoms with E-state index in [0.717, 1.165) is 5.56 Å². The van der Waals surface area contributed by atoms with Crippen molar-refractivity contribution in [2.75, 3.05) is 6.54 Å². The van der Waals surface area contributed by atoms with E-state index in [9.17, 15) is 9.90 Å². The van der Waals surface area contributed by atoms with E-state index in [4.69, 9.17) is 29.6 Å². The molecule has 0 unspecified atom stereocenters. The Morgan fingerprint density at radius 3 is 2.48 bits per heavy atom. The monoisotopic (exact) mass is 328 g/mol. The van der Waals surface area contributed by atoms with Crippen molar-refractivity contribution in [2.45, 2.75) is 19.9 Å². The van der Waals surface area contributed by atoms with Gasteiger partial charge in [0.1, 0.15) is 0 Å². The molecule has 0 aliphatic carbocycles. The lowest BCUT2D eigenvalue weighted by Crippen LogP contribution is -2.40. The molecule has 0 saturated carbocycles. The van der Waals surface area contributed by atoms with Crippen molar-refractivity contribution in [1.82, 2.24) is 10.3 Å². The Bertz CT molecular complexity index is 546. The number of carboxylic acid groups (broad SMARTS) is 1. The number of hydrogen-bond donors (Lipinski definition) is 3. The zero-order valence-corrected chi connectivity index (χ0v) is 13.3. The number of carbonyl (C=O) groups is 1. The zero-order chi connectivity index (χ0) is 16.0. The summed E-state index contributed by atoms with van der Waals surface area (Å²) in [6.07, 6.45) is -1.03. The van der Waals surface area contributed by atoms with Gasteiger partial charge in [0.25, 0.3) is 0 Å². The molecule has 21 heavy (non-hydrogen) atoms. The summed E-state index contributed by atoms with van der Waals surface area (Å²) < 4.78 is 0. The molecular weight excluding hydrogens is 312 g/mol. The number of nitrogens with two attached hydrogens (primary N) is 1. The van der Waals surface area contributed by atoms with E-state index in [2.05, 4.69) is 10.5 Å². The smallest absolute Gasteiger partial charge is 0.407 e. The Hall–Kier alpha value is -1.86. The molecule has 0 saturated heterocycles. The fourth-order valence-electron chi connectivity index (χ4n) is 1.59. The van der Waals surface area contributed by atoms with Gasteiger partial charge in [0.05, 0.1) is 12.3 Å². The van der Waals surface area contributed by atoms with Crippen molar-refractivity contribution in [2.24, 2.45) is 10.8 Å². The minimum Gasteiger partial charge on any atom is -0.465 e. The molecule has 0 aromatic heterocycles. The summed E-state index contributed by atoms with van der Waals surface area (Å²) in [5.41, 5.74) is 9.07. The maximum Gasteiger partial charge on any atom is 0.407 e. The minimum atomic E-state index is -1.03. The summed E-state index contributed by atoms with van der Waals surface area (Å²) in [4.78, 5) is 12.5. The fraction of sp³-hybridized carbons (Fsp3) is 0.308. The molecule has 0 spiro atoms. The van der Waals surface area contributed by atoms with Crippen molar-refractivity contribution >= 4 is 40.7 Å². The largest absolute Gasteiger partial charge is 0.465 e. The van der Waals surface area contributed by atoms with E-state index < -0.39 is 6.09 Å². The molecular formula is C13H17ClN4O2S. The lowest BCUT2D eigenvalue weighted by atomic mass is 10.1. The normalized spacial score (nSPS) is 11.3. The molecule has 8 heteroatoms. The first-order valence-electron chi connectivity index (χ1n) is 6.18. The van der Waals surface area contributed by atoms with Crippen molar-refractivity contribution < 1.29 is 9.90 Å². The van der Waals surface area contributed by atoms with E-state index in [1.807, 2.05) is 0 Å². The van der Waals surface area contributed by atoms with Gasteiger partial charge in [0.2, 0.25) is 0 Å². The SMILES string of the molecule is CC(C)N(CC(=NNC(N)=S)c1ccc(Cl)cc1)C(=O)O. The summed E-state index contributed by atoms with van der Waals surface area (Å²) in [5.74, 6) is 0. The third kappa shape index (κ3) is 5.57. The number of thiocarbonyl (C=S) groups is 1. The van der Waals surface area contributed by atoms with Crippen molar-refractivity contribution in [3.63, 3.8) is 0 Å². The Morgan fingerprint density at radius 1 is 1.48 bits per heavy atom. The van der Waals surface area contributed by atoms with Gasteiger partial charge in [-0.3, -0.25) is 10.3 Å². The van der Waals surface area contributed by atoms with Gasteiger partial charge in [-0.05, 0) is 43.8 Å². The first kappa shape index (κ1) is 17.2. The molecule has 0 fully saturated rings. The highest BCUT2D eigenvalue weighted by Gasteiger charge is 2.19. The second kappa shape index (κ2) is 7.80. The van der Waals surface area contributed by atoms with Crippen LogP contribution in [0.2, 0.25) is 5.02 Å².